The highest BCUT2D eigenvalue weighted by Crippen LogP contribution is 2.21. The van der Waals surface area contributed by atoms with E-state index in [9.17, 15) is 0 Å². The predicted molar refractivity (Wildman–Crippen MR) is 62.3 cm³/mol. The van der Waals surface area contributed by atoms with E-state index in [0.717, 1.165) is 0 Å². The zero-order chi connectivity index (χ0) is 10.6. The third kappa shape index (κ3) is 3.15. The first-order chi connectivity index (χ1) is 6.61. The Hall–Kier alpha value is -0.820. The average Bonchev–Trinajstić information content (AvgIpc) is 2.15. The van der Waals surface area contributed by atoms with Crippen LogP contribution in [0.4, 0.5) is 0 Å². The van der Waals surface area contributed by atoms with Gasteiger partial charge in [-0.25, -0.2) is 0 Å². The number of benzene rings is 1. The quantitative estimate of drug-likeness (QED) is 0.769. The first kappa shape index (κ1) is 11.3. The highest BCUT2D eigenvalue weighted by Gasteiger charge is 2.15. The third-order valence-corrected chi connectivity index (χ3v) is 2.34. The Balaban J connectivity index is 2.78. The molecule has 0 aliphatic heterocycles. The lowest BCUT2D eigenvalue weighted by molar-refractivity contribution is 0.381. The van der Waals surface area contributed by atoms with Crippen molar-refractivity contribution in [2.45, 2.75) is 39.8 Å². The molecule has 0 bridgehead atoms. The molecule has 1 atom stereocenters. The molecule has 1 rings (SSSR count). The maximum atomic E-state index is 3.60. The molecule has 1 heteroatoms. The third-order valence-electron chi connectivity index (χ3n) is 2.34. The van der Waals surface area contributed by atoms with Crippen LogP contribution in [0.1, 0.15) is 39.3 Å². The minimum atomic E-state index is 0.469. The lowest BCUT2D eigenvalue weighted by atomic mass is 9.95. The summed E-state index contributed by atoms with van der Waals surface area (Å²) >= 11 is 0. The van der Waals surface area contributed by atoms with Crippen LogP contribution in [-0.2, 0) is 0 Å². The van der Waals surface area contributed by atoms with Gasteiger partial charge in [0.25, 0.3) is 0 Å². The molecule has 1 nitrogen and oxygen atoms in total. The molecule has 0 saturated carbocycles. The van der Waals surface area contributed by atoms with E-state index in [1.165, 1.54) is 5.56 Å². The van der Waals surface area contributed by atoms with Gasteiger partial charge in [0.1, 0.15) is 0 Å². The standard InChI is InChI=1S/C13H21N/c1-10(2)13(14-11(3)4)12-8-6-5-7-9-12/h5-11,13-14H,1-4H3. The molecule has 1 aromatic carbocycles. The van der Waals surface area contributed by atoms with Crippen molar-refractivity contribution in [1.82, 2.24) is 5.32 Å². The minimum Gasteiger partial charge on any atom is -0.307 e. The van der Waals surface area contributed by atoms with Crippen LogP contribution in [0.25, 0.3) is 0 Å². The van der Waals surface area contributed by atoms with E-state index in [0.29, 0.717) is 18.0 Å². The van der Waals surface area contributed by atoms with Crippen molar-refractivity contribution in [3.8, 4) is 0 Å². The lowest BCUT2D eigenvalue weighted by Gasteiger charge is -2.25. The molecule has 0 saturated heterocycles. The summed E-state index contributed by atoms with van der Waals surface area (Å²) < 4.78 is 0. The van der Waals surface area contributed by atoms with Crippen LogP contribution in [-0.4, -0.2) is 6.04 Å². The van der Waals surface area contributed by atoms with Crippen molar-refractivity contribution in [3.63, 3.8) is 0 Å². The van der Waals surface area contributed by atoms with Crippen LogP contribution in [0.15, 0.2) is 30.3 Å². The number of hydrogen-bond acceptors (Lipinski definition) is 1. The van der Waals surface area contributed by atoms with E-state index in [-0.39, 0.29) is 0 Å². The fourth-order valence-electron chi connectivity index (χ4n) is 1.69. The van der Waals surface area contributed by atoms with Crippen LogP contribution < -0.4 is 5.32 Å². The Kier molecular flexibility index (Phi) is 4.15. The maximum absolute atomic E-state index is 3.60. The first-order valence-corrected chi connectivity index (χ1v) is 5.42. The van der Waals surface area contributed by atoms with Crippen molar-refractivity contribution >= 4 is 0 Å². The van der Waals surface area contributed by atoms with Gasteiger partial charge in [0.2, 0.25) is 0 Å². The number of nitrogens with one attached hydrogen (secondary N) is 1. The molecule has 0 heterocycles. The van der Waals surface area contributed by atoms with Crippen molar-refractivity contribution in [2.75, 3.05) is 0 Å². The van der Waals surface area contributed by atoms with Crippen LogP contribution in [0.3, 0.4) is 0 Å². The van der Waals surface area contributed by atoms with Gasteiger partial charge in [-0.05, 0) is 11.5 Å². The Morgan fingerprint density at radius 2 is 1.50 bits per heavy atom. The second-order valence-corrected chi connectivity index (χ2v) is 4.45. The van der Waals surface area contributed by atoms with E-state index < -0.39 is 0 Å². The van der Waals surface area contributed by atoms with Crippen molar-refractivity contribution in [3.05, 3.63) is 35.9 Å². The van der Waals surface area contributed by atoms with Gasteiger partial charge in [-0.1, -0.05) is 58.0 Å². The largest absolute Gasteiger partial charge is 0.307 e. The normalized spacial score (nSPS) is 13.6. The van der Waals surface area contributed by atoms with Gasteiger partial charge in [0.15, 0.2) is 0 Å². The summed E-state index contributed by atoms with van der Waals surface area (Å²) in [6.07, 6.45) is 0. The van der Waals surface area contributed by atoms with Gasteiger partial charge in [-0.3, -0.25) is 0 Å². The van der Waals surface area contributed by atoms with Gasteiger partial charge in [-0.15, -0.1) is 0 Å². The fraction of sp³-hybridized carbons (Fsp3) is 0.538. The summed E-state index contributed by atoms with van der Waals surface area (Å²) in [7, 11) is 0. The lowest BCUT2D eigenvalue weighted by Crippen LogP contribution is -2.31. The molecule has 0 radical (unpaired) electrons. The van der Waals surface area contributed by atoms with E-state index >= 15 is 0 Å². The molecule has 14 heavy (non-hydrogen) atoms. The molecule has 0 amide bonds. The maximum Gasteiger partial charge on any atom is 0.0345 e. The van der Waals surface area contributed by atoms with Crippen molar-refractivity contribution < 1.29 is 0 Å². The van der Waals surface area contributed by atoms with E-state index in [2.05, 4.69) is 63.3 Å². The molecule has 0 aliphatic carbocycles. The Labute approximate surface area is 87.5 Å². The molecule has 0 spiro atoms. The molecule has 78 valence electrons. The SMILES string of the molecule is CC(C)NC(c1ccccc1)C(C)C. The van der Waals surface area contributed by atoms with Gasteiger partial charge < -0.3 is 5.32 Å². The average molecular weight is 191 g/mol. The van der Waals surface area contributed by atoms with E-state index in [4.69, 9.17) is 0 Å². The summed E-state index contributed by atoms with van der Waals surface area (Å²) in [5.41, 5.74) is 1.39. The van der Waals surface area contributed by atoms with E-state index in [1.807, 2.05) is 0 Å². The zero-order valence-electron chi connectivity index (χ0n) is 9.62. The molecule has 0 aliphatic rings. The Bertz CT molecular complexity index is 251. The summed E-state index contributed by atoms with van der Waals surface area (Å²) in [5, 5.41) is 3.60. The zero-order valence-corrected chi connectivity index (χ0v) is 9.62. The fourth-order valence-corrected chi connectivity index (χ4v) is 1.69. The molecular weight excluding hydrogens is 170 g/mol. The van der Waals surface area contributed by atoms with Gasteiger partial charge in [0, 0.05) is 12.1 Å². The van der Waals surface area contributed by atoms with Gasteiger partial charge in [0.05, 0.1) is 0 Å². The van der Waals surface area contributed by atoms with Gasteiger partial charge in [-0.2, -0.15) is 0 Å². The minimum absolute atomic E-state index is 0.469. The number of hydrogen-bond donors (Lipinski definition) is 1. The second kappa shape index (κ2) is 5.16. The van der Waals surface area contributed by atoms with Crippen molar-refractivity contribution in [2.24, 2.45) is 5.92 Å². The Morgan fingerprint density at radius 3 is 1.93 bits per heavy atom. The molecule has 1 N–H and O–H groups in total. The van der Waals surface area contributed by atoms with Crippen molar-refractivity contribution in [1.29, 1.82) is 0 Å². The van der Waals surface area contributed by atoms with E-state index in [1.54, 1.807) is 0 Å². The van der Waals surface area contributed by atoms with Crippen LogP contribution in [0.5, 0.6) is 0 Å². The highest BCUT2D eigenvalue weighted by molar-refractivity contribution is 5.19. The smallest absolute Gasteiger partial charge is 0.0345 e. The monoisotopic (exact) mass is 191 g/mol. The summed E-state index contributed by atoms with van der Waals surface area (Å²) in [6, 6.07) is 11.7. The summed E-state index contributed by atoms with van der Waals surface area (Å²) in [5.74, 6) is 0.625. The predicted octanol–water partition coefficient (Wildman–Crippen LogP) is 3.38. The topological polar surface area (TPSA) is 12.0 Å². The first-order valence-electron chi connectivity index (χ1n) is 5.42. The molecular formula is C13H21N. The molecule has 0 fully saturated rings. The molecule has 1 aromatic rings. The number of rotatable bonds is 4. The molecule has 0 aromatic heterocycles. The van der Waals surface area contributed by atoms with Crippen LogP contribution in [0.2, 0.25) is 0 Å². The van der Waals surface area contributed by atoms with Crippen LogP contribution >= 0.6 is 0 Å². The van der Waals surface area contributed by atoms with Crippen LogP contribution in [0, 0.1) is 5.92 Å². The summed E-state index contributed by atoms with van der Waals surface area (Å²) in [6.45, 7) is 8.90. The second-order valence-electron chi connectivity index (χ2n) is 4.45. The molecule has 1 unspecified atom stereocenters. The highest BCUT2D eigenvalue weighted by atomic mass is 14.9. The van der Waals surface area contributed by atoms with Gasteiger partial charge >= 0.3 is 0 Å². The summed E-state index contributed by atoms with van der Waals surface area (Å²) in [4.78, 5) is 0. The Morgan fingerprint density at radius 1 is 0.929 bits per heavy atom.